The van der Waals surface area contributed by atoms with Gasteiger partial charge < -0.3 is 0 Å². The maximum atomic E-state index is 12.1. The van der Waals surface area contributed by atoms with E-state index < -0.39 is 0 Å². The minimum atomic E-state index is 0.290. The molecule has 0 atom stereocenters. The largest absolute Gasteiger partial charge is 0.293 e. The van der Waals surface area contributed by atoms with E-state index in [1.807, 2.05) is 13.8 Å². The second-order valence-electron chi connectivity index (χ2n) is 6.00. The summed E-state index contributed by atoms with van der Waals surface area (Å²) in [6.07, 6.45) is 13.8. The highest BCUT2D eigenvalue weighted by molar-refractivity contribution is 7.13. The van der Waals surface area contributed by atoms with E-state index >= 15 is 0 Å². The van der Waals surface area contributed by atoms with Crippen LogP contribution in [0.5, 0.6) is 0 Å². The molecule has 2 nitrogen and oxygen atoms in total. The first kappa shape index (κ1) is 18.3. The van der Waals surface area contributed by atoms with Gasteiger partial charge >= 0.3 is 0 Å². The average Bonchev–Trinajstić information content (AvgIpc) is 2.79. The molecular weight excluding hydrogens is 278 g/mol. The zero-order chi connectivity index (χ0) is 15.5. The van der Waals surface area contributed by atoms with Crippen LogP contribution in [0.3, 0.4) is 0 Å². The van der Waals surface area contributed by atoms with Crippen LogP contribution in [0.2, 0.25) is 0 Å². The molecule has 0 aromatic carbocycles. The number of rotatable bonds is 12. The van der Waals surface area contributed by atoms with Crippen LogP contribution in [-0.2, 0) is 0 Å². The van der Waals surface area contributed by atoms with Gasteiger partial charge in [0, 0.05) is 6.42 Å². The number of hydrogen-bond donors (Lipinski definition) is 0. The van der Waals surface area contributed by atoms with E-state index in [1.165, 1.54) is 57.8 Å². The molecule has 1 rings (SSSR count). The van der Waals surface area contributed by atoms with Gasteiger partial charge in [-0.25, -0.2) is 4.98 Å². The summed E-state index contributed by atoms with van der Waals surface area (Å²) in [6.45, 7) is 6.17. The number of hydrogen-bond acceptors (Lipinski definition) is 3. The van der Waals surface area contributed by atoms with Crippen LogP contribution < -0.4 is 0 Å². The van der Waals surface area contributed by atoms with Crippen molar-refractivity contribution >= 4 is 17.1 Å². The van der Waals surface area contributed by atoms with Gasteiger partial charge in [0.1, 0.15) is 0 Å². The number of carbonyl (C=O) groups excluding carboxylic acids is 1. The normalized spacial score (nSPS) is 11.0. The predicted octanol–water partition coefficient (Wildman–Crippen LogP) is 6.25. The fourth-order valence-electron chi connectivity index (χ4n) is 2.68. The molecule has 0 aliphatic rings. The molecule has 0 aliphatic heterocycles. The fraction of sp³-hybridized carbons (Fsp3) is 0.778. The molecule has 1 aromatic heterocycles. The van der Waals surface area contributed by atoms with E-state index in [0.717, 1.165) is 22.0 Å². The van der Waals surface area contributed by atoms with Crippen LogP contribution in [0.4, 0.5) is 0 Å². The maximum absolute atomic E-state index is 12.1. The SMILES string of the molecule is CCCCCCCCCCCCC(=O)c1sc(C)nc1C. The van der Waals surface area contributed by atoms with Gasteiger partial charge in [-0.1, -0.05) is 64.7 Å². The molecule has 0 saturated carbocycles. The predicted molar refractivity (Wildman–Crippen MR) is 92.4 cm³/mol. The summed E-state index contributed by atoms with van der Waals surface area (Å²) in [7, 11) is 0. The first-order valence-electron chi connectivity index (χ1n) is 8.62. The van der Waals surface area contributed by atoms with Gasteiger partial charge in [-0.2, -0.15) is 0 Å². The quantitative estimate of drug-likeness (QED) is 0.337. The zero-order valence-corrected chi connectivity index (χ0v) is 14.9. The highest BCUT2D eigenvalue weighted by Gasteiger charge is 2.12. The average molecular weight is 310 g/mol. The fourth-order valence-corrected chi connectivity index (χ4v) is 3.56. The van der Waals surface area contributed by atoms with Crippen molar-refractivity contribution in [3.63, 3.8) is 0 Å². The smallest absolute Gasteiger partial charge is 0.174 e. The maximum Gasteiger partial charge on any atom is 0.174 e. The summed E-state index contributed by atoms with van der Waals surface area (Å²) < 4.78 is 0. The van der Waals surface area contributed by atoms with Crippen molar-refractivity contribution in [2.45, 2.75) is 91.4 Å². The van der Waals surface area contributed by atoms with E-state index in [-0.39, 0.29) is 5.78 Å². The second-order valence-corrected chi connectivity index (χ2v) is 7.21. The van der Waals surface area contributed by atoms with Crippen molar-refractivity contribution < 1.29 is 4.79 Å². The minimum absolute atomic E-state index is 0.290. The molecule has 0 N–H and O–H groups in total. The molecule has 0 saturated heterocycles. The Labute approximate surface area is 134 Å². The van der Waals surface area contributed by atoms with E-state index in [4.69, 9.17) is 0 Å². The van der Waals surface area contributed by atoms with Gasteiger partial charge in [0.15, 0.2) is 5.78 Å². The van der Waals surface area contributed by atoms with Gasteiger partial charge in [0.2, 0.25) is 0 Å². The Morgan fingerprint density at radius 3 is 1.90 bits per heavy atom. The summed E-state index contributed by atoms with van der Waals surface area (Å²) in [4.78, 5) is 17.3. The molecule has 0 aliphatic carbocycles. The number of aromatic nitrogens is 1. The lowest BCUT2D eigenvalue weighted by Gasteiger charge is -2.02. The Kier molecular flexibility index (Phi) is 9.56. The van der Waals surface area contributed by atoms with Crippen LogP contribution >= 0.6 is 11.3 Å². The molecule has 0 fully saturated rings. The van der Waals surface area contributed by atoms with Gasteiger partial charge in [-0.3, -0.25) is 4.79 Å². The Hall–Kier alpha value is -0.700. The van der Waals surface area contributed by atoms with Crippen molar-refractivity contribution in [1.82, 2.24) is 4.98 Å². The number of nitrogens with zero attached hydrogens (tertiary/aromatic N) is 1. The van der Waals surface area contributed by atoms with Crippen LogP contribution in [0.1, 0.15) is 97.9 Å². The number of aryl methyl sites for hydroxylation is 2. The van der Waals surface area contributed by atoms with Gasteiger partial charge in [0.05, 0.1) is 15.6 Å². The Morgan fingerprint density at radius 2 is 1.43 bits per heavy atom. The molecule has 0 amide bonds. The molecule has 3 heteroatoms. The summed E-state index contributed by atoms with van der Waals surface area (Å²) in [5.74, 6) is 0.290. The number of carbonyl (C=O) groups is 1. The summed E-state index contributed by atoms with van der Waals surface area (Å²) >= 11 is 1.54. The first-order chi connectivity index (χ1) is 10.1. The van der Waals surface area contributed by atoms with Crippen LogP contribution in [0, 0.1) is 13.8 Å². The lowest BCUT2D eigenvalue weighted by molar-refractivity contribution is 0.0982. The monoisotopic (exact) mass is 309 g/mol. The van der Waals surface area contributed by atoms with E-state index in [0.29, 0.717) is 6.42 Å². The lowest BCUT2D eigenvalue weighted by Crippen LogP contribution is -1.98. The van der Waals surface area contributed by atoms with Gasteiger partial charge in [0.25, 0.3) is 0 Å². The highest BCUT2D eigenvalue weighted by Crippen LogP contribution is 2.20. The standard InChI is InChI=1S/C18H31NOS/c1-4-5-6-7-8-9-10-11-12-13-14-17(20)18-15(2)19-16(3)21-18/h4-14H2,1-3H3. The van der Waals surface area contributed by atoms with Crippen LogP contribution in [0.25, 0.3) is 0 Å². The number of ketones is 1. The Bertz CT molecular complexity index is 411. The van der Waals surface area contributed by atoms with E-state index in [1.54, 1.807) is 11.3 Å². The third kappa shape index (κ3) is 7.75. The van der Waals surface area contributed by atoms with E-state index in [9.17, 15) is 4.79 Å². The molecule has 1 heterocycles. The molecule has 0 bridgehead atoms. The zero-order valence-electron chi connectivity index (χ0n) is 14.0. The Morgan fingerprint density at radius 1 is 0.905 bits per heavy atom. The van der Waals surface area contributed by atoms with Crippen molar-refractivity contribution in [3.8, 4) is 0 Å². The van der Waals surface area contributed by atoms with Crippen molar-refractivity contribution in [2.24, 2.45) is 0 Å². The third-order valence-corrected chi connectivity index (χ3v) is 5.03. The Balaban J connectivity index is 1.99. The van der Waals surface area contributed by atoms with Crippen molar-refractivity contribution in [2.75, 3.05) is 0 Å². The van der Waals surface area contributed by atoms with Crippen LogP contribution in [-0.4, -0.2) is 10.8 Å². The number of thiazole rings is 1. The summed E-state index contributed by atoms with van der Waals surface area (Å²) in [6, 6.07) is 0. The summed E-state index contributed by atoms with van der Waals surface area (Å²) in [5, 5.41) is 0.999. The highest BCUT2D eigenvalue weighted by atomic mass is 32.1. The van der Waals surface area contributed by atoms with Crippen LogP contribution in [0.15, 0.2) is 0 Å². The van der Waals surface area contributed by atoms with Gasteiger partial charge in [-0.15, -0.1) is 11.3 Å². The molecular formula is C18H31NOS. The molecule has 1 aromatic rings. The molecule has 0 spiro atoms. The lowest BCUT2D eigenvalue weighted by atomic mass is 10.0. The molecule has 120 valence electrons. The minimum Gasteiger partial charge on any atom is -0.293 e. The second kappa shape index (κ2) is 10.9. The number of Topliss-reactive ketones (excluding diaryl/α,β-unsaturated/α-hetero) is 1. The van der Waals surface area contributed by atoms with Gasteiger partial charge in [-0.05, 0) is 20.3 Å². The van der Waals surface area contributed by atoms with Crippen molar-refractivity contribution in [3.05, 3.63) is 15.6 Å². The molecule has 21 heavy (non-hydrogen) atoms. The van der Waals surface area contributed by atoms with E-state index in [2.05, 4.69) is 11.9 Å². The summed E-state index contributed by atoms with van der Waals surface area (Å²) in [5.41, 5.74) is 0.912. The number of unbranched alkanes of at least 4 members (excludes halogenated alkanes) is 9. The third-order valence-electron chi connectivity index (χ3n) is 3.91. The first-order valence-corrected chi connectivity index (χ1v) is 9.44. The van der Waals surface area contributed by atoms with Crippen molar-refractivity contribution in [1.29, 1.82) is 0 Å². The topological polar surface area (TPSA) is 30.0 Å². The molecule has 0 radical (unpaired) electrons. The molecule has 0 unspecified atom stereocenters.